The Balaban J connectivity index is 0.000000385. The Morgan fingerprint density at radius 3 is 2.06 bits per heavy atom. The lowest BCUT2D eigenvalue weighted by Gasteiger charge is -1.92. The molecule has 0 aliphatic heterocycles. The second-order valence-corrected chi connectivity index (χ2v) is 6.34. The first kappa shape index (κ1) is 15.4. The summed E-state index contributed by atoms with van der Waals surface area (Å²) in [6.45, 7) is 0. The molecule has 10 heteroatoms. The van der Waals surface area contributed by atoms with Crippen molar-refractivity contribution in [2.45, 2.75) is 0 Å². The van der Waals surface area contributed by atoms with Crippen LogP contribution in [0.4, 0.5) is 10.1 Å². The van der Waals surface area contributed by atoms with Crippen LogP contribution in [0.3, 0.4) is 0 Å². The van der Waals surface area contributed by atoms with Gasteiger partial charge in [-0.25, -0.2) is 0 Å². The van der Waals surface area contributed by atoms with E-state index < -0.39 is 24.7 Å². The quantitative estimate of drug-likeness (QED) is 0.453. The van der Waals surface area contributed by atoms with E-state index >= 15 is 0 Å². The topological polar surface area (TPSA) is 77.3 Å². The highest BCUT2D eigenvalue weighted by Gasteiger charge is 2.12. The second kappa shape index (κ2) is 6.19. The lowest BCUT2D eigenvalue weighted by atomic mass is 10.3. The van der Waals surface area contributed by atoms with Crippen LogP contribution >= 0.6 is 33.0 Å². The van der Waals surface area contributed by atoms with E-state index in [1.54, 1.807) is 0 Å². The molecule has 1 rings (SSSR count). The van der Waals surface area contributed by atoms with Crippen LogP contribution in [0, 0.1) is 15.9 Å². The van der Waals surface area contributed by atoms with Crippen LogP contribution in [-0.4, -0.2) is 13.3 Å². The SMILES string of the molecule is O=S(=O)(Cl)Cl.O=[N+]([O-])c1ccc(Cl)cc1F. The molecule has 0 heterocycles. The molecule has 0 bridgehead atoms. The summed E-state index contributed by atoms with van der Waals surface area (Å²) >= 11 is 5.36. The summed E-state index contributed by atoms with van der Waals surface area (Å²) in [5.74, 6) is -0.914. The Kier molecular flexibility index (Phi) is 5.95. The molecule has 0 unspecified atom stereocenters. The third-order valence-corrected chi connectivity index (χ3v) is 1.34. The first-order valence-corrected chi connectivity index (χ1v) is 6.86. The van der Waals surface area contributed by atoms with Crippen molar-refractivity contribution in [3.63, 3.8) is 0 Å². The first-order chi connectivity index (χ1) is 7.11. The van der Waals surface area contributed by atoms with E-state index in [4.69, 9.17) is 20.0 Å². The third kappa shape index (κ3) is 7.63. The molecule has 0 radical (unpaired) electrons. The van der Waals surface area contributed by atoms with Gasteiger partial charge in [0.1, 0.15) is 0 Å². The van der Waals surface area contributed by atoms with Gasteiger partial charge in [-0.15, -0.1) is 0 Å². The molecule has 0 saturated heterocycles. The van der Waals surface area contributed by atoms with Crippen molar-refractivity contribution in [2.24, 2.45) is 0 Å². The molecule has 1 aromatic carbocycles. The normalized spacial score (nSPS) is 10.2. The minimum Gasteiger partial charge on any atom is -0.258 e. The zero-order valence-electron chi connectivity index (χ0n) is 7.23. The highest BCUT2D eigenvalue weighted by Crippen LogP contribution is 2.20. The van der Waals surface area contributed by atoms with Gasteiger partial charge in [-0.05, 0) is 12.1 Å². The minimum atomic E-state index is -3.72. The van der Waals surface area contributed by atoms with Gasteiger partial charge in [0.2, 0.25) is 5.82 Å². The van der Waals surface area contributed by atoms with Crippen LogP contribution < -0.4 is 0 Å². The van der Waals surface area contributed by atoms with Gasteiger partial charge in [0.25, 0.3) is 0 Å². The molecule has 0 aliphatic carbocycles. The summed E-state index contributed by atoms with van der Waals surface area (Å²) in [6.07, 6.45) is 0. The first-order valence-electron chi connectivity index (χ1n) is 3.35. The fourth-order valence-corrected chi connectivity index (χ4v) is 0.788. The van der Waals surface area contributed by atoms with E-state index in [1.165, 1.54) is 6.07 Å². The van der Waals surface area contributed by atoms with Gasteiger partial charge < -0.3 is 0 Å². The van der Waals surface area contributed by atoms with Gasteiger partial charge >= 0.3 is 14.0 Å². The van der Waals surface area contributed by atoms with Crippen LogP contribution in [0.1, 0.15) is 0 Å². The molecular weight excluding hydrogens is 307 g/mol. The standard InChI is InChI=1S/C6H3ClFNO2.Cl2O2S/c7-4-1-2-6(9(10)11)5(8)3-4;1-5(2,3)4/h1-3H;. The molecule has 1 aromatic rings. The predicted molar refractivity (Wildman–Crippen MR) is 58.7 cm³/mol. The fourth-order valence-electron chi connectivity index (χ4n) is 0.629. The van der Waals surface area contributed by atoms with Crippen molar-refractivity contribution in [1.29, 1.82) is 0 Å². The summed E-state index contributed by atoms with van der Waals surface area (Å²) < 4.78 is 30.9. The van der Waals surface area contributed by atoms with Crippen molar-refractivity contribution in [1.82, 2.24) is 0 Å². The van der Waals surface area contributed by atoms with Crippen LogP contribution in [0.15, 0.2) is 18.2 Å². The number of benzene rings is 1. The number of hydrogen-bond donors (Lipinski definition) is 0. The Morgan fingerprint density at radius 1 is 1.31 bits per heavy atom. The smallest absolute Gasteiger partial charge is 0.258 e. The van der Waals surface area contributed by atoms with Gasteiger partial charge in [0.05, 0.1) is 4.92 Å². The van der Waals surface area contributed by atoms with E-state index in [9.17, 15) is 14.5 Å². The van der Waals surface area contributed by atoms with Crippen LogP contribution in [-0.2, 0) is 8.26 Å². The Bertz CT molecular complexity index is 485. The van der Waals surface area contributed by atoms with Gasteiger partial charge in [-0.1, -0.05) is 11.6 Å². The Hall–Kier alpha value is -0.630. The average molecular weight is 311 g/mol. The van der Waals surface area contributed by atoms with Gasteiger partial charge in [-0.2, -0.15) is 12.8 Å². The molecule has 0 amide bonds. The Morgan fingerprint density at radius 2 is 1.75 bits per heavy atom. The monoisotopic (exact) mass is 309 g/mol. The van der Waals surface area contributed by atoms with E-state index in [0.717, 1.165) is 12.1 Å². The highest BCUT2D eigenvalue weighted by atomic mass is 36.0. The van der Waals surface area contributed by atoms with Crippen molar-refractivity contribution in [2.75, 3.05) is 0 Å². The summed E-state index contributed by atoms with van der Waals surface area (Å²) in [5.41, 5.74) is -0.561. The third-order valence-electron chi connectivity index (χ3n) is 1.11. The zero-order chi connectivity index (χ0) is 12.9. The molecule has 90 valence electrons. The maximum atomic E-state index is 12.6. The van der Waals surface area contributed by atoms with Crippen molar-refractivity contribution < 1.29 is 17.7 Å². The van der Waals surface area contributed by atoms with E-state index in [0.29, 0.717) is 0 Å². The molecule has 0 fully saturated rings. The number of nitro groups is 1. The van der Waals surface area contributed by atoms with Crippen LogP contribution in [0.2, 0.25) is 5.02 Å². The van der Waals surface area contributed by atoms with E-state index in [1.807, 2.05) is 0 Å². The van der Waals surface area contributed by atoms with Gasteiger partial charge in [0.15, 0.2) is 0 Å². The van der Waals surface area contributed by atoms with Crippen LogP contribution in [0.25, 0.3) is 0 Å². The number of halogens is 4. The largest absolute Gasteiger partial charge is 0.317 e. The number of rotatable bonds is 1. The van der Waals surface area contributed by atoms with Crippen molar-refractivity contribution >= 4 is 46.9 Å². The summed E-state index contributed by atoms with van der Waals surface area (Å²) in [5, 5.41) is 10.2. The molecule has 0 N–H and O–H groups in total. The fraction of sp³-hybridized carbons (Fsp3) is 0. The maximum Gasteiger partial charge on any atom is 0.317 e. The molecule has 0 saturated carbocycles. The number of nitrogens with zero attached hydrogens (tertiary/aromatic N) is 1. The average Bonchev–Trinajstić information content (AvgIpc) is 1.99. The predicted octanol–water partition coefficient (Wildman–Crippen LogP) is 3.10. The summed E-state index contributed by atoms with van der Waals surface area (Å²) in [6, 6.07) is 3.19. The zero-order valence-corrected chi connectivity index (χ0v) is 10.3. The minimum absolute atomic E-state index is 0.146. The Labute approximate surface area is 104 Å². The van der Waals surface area contributed by atoms with Gasteiger partial charge in [-0.3, -0.25) is 10.1 Å². The molecule has 5 nitrogen and oxygen atoms in total. The maximum absolute atomic E-state index is 12.6. The molecular formula is C6H3Cl3FNO4S. The van der Waals surface area contributed by atoms with Gasteiger partial charge in [0, 0.05) is 32.5 Å². The number of nitro benzene ring substituents is 1. The second-order valence-electron chi connectivity index (χ2n) is 2.23. The van der Waals surface area contributed by atoms with E-state index in [-0.39, 0.29) is 5.02 Å². The van der Waals surface area contributed by atoms with Crippen molar-refractivity contribution in [3.8, 4) is 0 Å². The van der Waals surface area contributed by atoms with Crippen molar-refractivity contribution in [3.05, 3.63) is 39.2 Å². The van der Waals surface area contributed by atoms with E-state index in [2.05, 4.69) is 21.4 Å². The molecule has 0 aliphatic rings. The summed E-state index contributed by atoms with van der Waals surface area (Å²) in [7, 11) is 4.81. The lowest BCUT2D eigenvalue weighted by Crippen LogP contribution is -1.91. The van der Waals surface area contributed by atoms with Crippen LogP contribution in [0.5, 0.6) is 0 Å². The lowest BCUT2D eigenvalue weighted by molar-refractivity contribution is -0.387. The highest BCUT2D eigenvalue weighted by molar-refractivity contribution is 8.31. The number of hydrogen-bond acceptors (Lipinski definition) is 4. The molecule has 0 spiro atoms. The molecule has 16 heavy (non-hydrogen) atoms. The molecule has 0 atom stereocenters. The molecule has 0 aromatic heterocycles. The summed E-state index contributed by atoms with van der Waals surface area (Å²) in [4.78, 5) is 9.26.